The first-order valence-electron chi connectivity index (χ1n) is 10.0. The zero-order chi connectivity index (χ0) is 19.0. The summed E-state index contributed by atoms with van der Waals surface area (Å²) in [5.41, 5.74) is 3.91. The molecule has 4 nitrogen and oxygen atoms in total. The van der Waals surface area contributed by atoms with Gasteiger partial charge in [-0.3, -0.25) is 4.79 Å². The number of aryl methyl sites for hydroxylation is 1. The van der Waals surface area contributed by atoms with Crippen LogP contribution in [0.15, 0.2) is 30.3 Å². The quantitative estimate of drug-likeness (QED) is 0.830. The van der Waals surface area contributed by atoms with E-state index in [1.54, 1.807) is 0 Å². The van der Waals surface area contributed by atoms with Gasteiger partial charge in [-0.15, -0.1) is 0 Å². The molecule has 1 saturated heterocycles. The second kappa shape index (κ2) is 7.69. The van der Waals surface area contributed by atoms with Gasteiger partial charge in [0, 0.05) is 41.2 Å². The van der Waals surface area contributed by atoms with Crippen LogP contribution in [0.2, 0.25) is 5.02 Å². The number of nitrogens with zero attached hydrogens (tertiary/aromatic N) is 2. The van der Waals surface area contributed by atoms with Crippen molar-refractivity contribution in [3.8, 4) is 5.69 Å². The highest BCUT2D eigenvalue weighted by molar-refractivity contribution is 6.30. The fraction of sp³-hybridized carbons (Fsp3) is 0.500. The van der Waals surface area contributed by atoms with Gasteiger partial charge in [0.15, 0.2) is 0 Å². The molecule has 1 amide bonds. The monoisotopic (exact) mass is 385 g/mol. The van der Waals surface area contributed by atoms with E-state index in [1.165, 1.54) is 12.8 Å². The third kappa shape index (κ3) is 4.07. The van der Waals surface area contributed by atoms with Gasteiger partial charge in [-0.05, 0) is 82.3 Å². The average molecular weight is 386 g/mol. The summed E-state index contributed by atoms with van der Waals surface area (Å²) in [5, 5.41) is 4.40. The molecule has 1 aliphatic carbocycles. The van der Waals surface area contributed by atoms with Crippen molar-refractivity contribution >= 4 is 17.5 Å². The summed E-state index contributed by atoms with van der Waals surface area (Å²) in [6, 6.07) is 10.3. The van der Waals surface area contributed by atoms with Crippen LogP contribution in [0.5, 0.6) is 0 Å². The summed E-state index contributed by atoms with van der Waals surface area (Å²) in [7, 11) is 0. The highest BCUT2D eigenvalue weighted by Crippen LogP contribution is 2.28. The lowest BCUT2D eigenvalue weighted by Gasteiger charge is -2.32. The number of carbonyl (C=O) groups is 1. The zero-order valence-corrected chi connectivity index (χ0v) is 16.9. The number of aromatic nitrogens is 1. The van der Waals surface area contributed by atoms with Crippen LogP contribution < -0.4 is 5.32 Å². The molecule has 2 aromatic rings. The molecule has 4 rings (SSSR count). The molecule has 2 aliphatic rings. The van der Waals surface area contributed by atoms with E-state index in [-0.39, 0.29) is 5.91 Å². The van der Waals surface area contributed by atoms with Gasteiger partial charge in [-0.25, -0.2) is 0 Å². The number of amides is 1. The summed E-state index contributed by atoms with van der Waals surface area (Å²) < 4.78 is 2.13. The number of piperidine rings is 1. The summed E-state index contributed by atoms with van der Waals surface area (Å²) in [6.07, 6.45) is 4.86. The third-order valence-electron chi connectivity index (χ3n) is 5.92. The molecule has 1 aromatic heterocycles. The molecule has 2 heterocycles. The number of nitrogens with one attached hydrogen (secondary N) is 1. The van der Waals surface area contributed by atoms with Gasteiger partial charge in [-0.2, -0.15) is 0 Å². The van der Waals surface area contributed by atoms with Gasteiger partial charge in [0.05, 0.1) is 5.56 Å². The minimum Gasteiger partial charge on any atom is -0.338 e. The number of benzene rings is 1. The Morgan fingerprint density at radius 3 is 2.41 bits per heavy atom. The molecule has 144 valence electrons. The Labute approximate surface area is 166 Å². The van der Waals surface area contributed by atoms with Crippen LogP contribution in [0.25, 0.3) is 5.69 Å². The molecule has 1 saturated carbocycles. The summed E-state index contributed by atoms with van der Waals surface area (Å²) >= 11 is 6.02. The van der Waals surface area contributed by atoms with E-state index >= 15 is 0 Å². The van der Waals surface area contributed by atoms with Crippen LogP contribution in [0.3, 0.4) is 0 Å². The van der Waals surface area contributed by atoms with Crippen LogP contribution in [0.4, 0.5) is 0 Å². The van der Waals surface area contributed by atoms with Crippen LogP contribution in [0, 0.1) is 19.8 Å². The van der Waals surface area contributed by atoms with Crippen LogP contribution in [0.1, 0.15) is 47.4 Å². The second-order valence-corrected chi connectivity index (χ2v) is 8.45. The molecule has 1 aliphatic heterocycles. The van der Waals surface area contributed by atoms with Crippen molar-refractivity contribution in [3.05, 3.63) is 52.3 Å². The molecule has 1 N–H and O–H groups in total. The largest absolute Gasteiger partial charge is 0.338 e. The number of carbonyl (C=O) groups excluding carboxylic acids is 1. The lowest BCUT2D eigenvalue weighted by Crippen LogP contribution is -2.45. The Kier molecular flexibility index (Phi) is 5.29. The second-order valence-electron chi connectivity index (χ2n) is 8.01. The first-order chi connectivity index (χ1) is 13.0. The van der Waals surface area contributed by atoms with Gasteiger partial charge >= 0.3 is 0 Å². The predicted octanol–water partition coefficient (Wildman–Crippen LogP) is 4.35. The third-order valence-corrected chi connectivity index (χ3v) is 6.17. The number of hydrogen-bond acceptors (Lipinski definition) is 2. The first kappa shape index (κ1) is 18.6. The van der Waals surface area contributed by atoms with Crippen molar-refractivity contribution in [3.63, 3.8) is 0 Å². The molecule has 0 unspecified atom stereocenters. The van der Waals surface area contributed by atoms with Crippen LogP contribution >= 0.6 is 11.6 Å². The molecule has 27 heavy (non-hydrogen) atoms. The van der Waals surface area contributed by atoms with E-state index in [9.17, 15) is 4.79 Å². The maximum Gasteiger partial charge on any atom is 0.255 e. The molecule has 1 aromatic carbocycles. The molecular weight excluding hydrogens is 358 g/mol. The SMILES string of the molecule is Cc1cc(C(=O)N2CCC(NCC3CC3)CC2)c(C)n1-c1ccc(Cl)cc1. The number of rotatable bonds is 5. The topological polar surface area (TPSA) is 37.3 Å². The Bertz CT molecular complexity index is 815. The molecule has 2 fully saturated rings. The van der Waals surface area contributed by atoms with Crippen LogP contribution in [-0.2, 0) is 0 Å². The van der Waals surface area contributed by atoms with Gasteiger partial charge in [0.25, 0.3) is 5.91 Å². The van der Waals surface area contributed by atoms with Crippen molar-refractivity contribution in [2.45, 2.75) is 45.6 Å². The van der Waals surface area contributed by atoms with Crippen molar-refractivity contribution < 1.29 is 4.79 Å². The van der Waals surface area contributed by atoms with Crippen molar-refractivity contribution in [1.82, 2.24) is 14.8 Å². The molecule has 0 bridgehead atoms. The van der Waals surface area contributed by atoms with Crippen LogP contribution in [-0.4, -0.2) is 41.1 Å². The van der Waals surface area contributed by atoms with Gasteiger partial charge < -0.3 is 14.8 Å². The Morgan fingerprint density at radius 2 is 1.78 bits per heavy atom. The molecule has 0 spiro atoms. The molecular formula is C22H28ClN3O. The molecule has 0 radical (unpaired) electrons. The number of hydrogen-bond donors (Lipinski definition) is 1. The van der Waals surface area contributed by atoms with E-state index in [0.29, 0.717) is 6.04 Å². The van der Waals surface area contributed by atoms with E-state index < -0.39 is 0 Å². The van der Waals surface area contributed by atoms with Crippen molar-refractivity contribution in [2.75, 3.05) is 19.6 Å². The van der Waals surface area contributed by atoms with E-state index in [4.69, 9.17) is 11.6 Å². The fourth-order valence-corrected chi connectivity index (χ4v) is 4.21. The van der Waals surface area contributed by atoms with Crippen molar-refractivity contribution in [2.24, 2.45) is 5.92 Å². The smallest absolute Gasteiger partial charge is 0.255 e. The standard InChI is InChI=1S/C22H28ClN3O/c1-15-13-21(16(2)26(15)20-7-5-18(23)6-8-20)22(27)25-11-9-19(10-12-25)24-14-17-3-4-17/h5-8,13,17,19,24H,3-4,9-12,14H2,1-2H3. The Hall–Kier alpha value is -1.78. The minimum atomic E-state index is 0.156. The summed E-state index contributed by atoms with van der Waals surface area (Å²) in [6.45, 7) is 6.91. The minimum absolute atomic E-state index is 0.156. The number of halogens is 1. The summed E-state index contributed by atoms with van der Waals surface area (Å²) in [5.74, 6) is 1.06. The molecule has 0 atom stereocenters. The lowest BCUT2D eigenvalue weighted by atomic mass is 10.0. The van der Waals surface area contributed by atoms with Gasteiger partial charge in [-0.1, -0.05) is 11.6 Å². The maximum absolute atomic E-state index is 13.1. The number of likely N-dealkylation sites (tertiary alicyclic amines) is 1. The Balaban J connectivity index is 1.44. The molecule has 5 heteroatoms. The van der Waals surface area contributed by atoms with E-state index in [1.807, 2.05) is 49.1 Å². The van der Waals surface area contributed by atoms with E-state index in [0.717, 1.165) is 66.1 Å². The van der Waals surface area contributed by atoms with Crippen molar-refractivity contribution in [1.29, 1.82) is 0 Å². The summed E-state index contributed by atoms with van der Waals surface area (Å²) in [4.78, 5) is 15.1. The predicted molar refractivity (Wildman–Crippen MR) is 110 cm³/mol. The maximum atomic E-state index is 13.1. The fourth-order valence-electron chi connectivity index (χ4n) is 4.08. The first-order valence-corrected chi connectivity index (χ1v) is 10.4. The van der Waals surface area contributed by atoms with E-state index in [2.05, 4.69) is 9.88 Å². The van der Waals surface area contributed by atoms with Gasteiger partial charge in [0.1, 0.15) is 0 Å². The lowest BCUT2D eigenvalue weighted by molar-refractivity contribution is 0.0704. The highest BCUT2D eigenvalue weighted by atomic mass is 35.5. The normalized spacial score (nSPS) is 18.1. The highest BCUT2D eigenvalue weighted by Gasteiger charge is 2.28. The van der Waals surface area contributed by atoms with Gasteiger partial charge in [0.2, 0.25) is 0 Å². The zero-order valence-electron chi connectivity index (χ0n) is 16.2. The average Bonchev–Trinajstić information content (AvgIpc) is 3.45. The Morgan fingerprint density at radius 1 is 1.11 bits per heavy atom.